The summed E-state index contributed by atoms with van der Waals surface area (Å²) in [6.45, 7) is 2.01. The summed E-state index contributed by atoms with van der Waals surface area (Å²) >= 11 is 1.61. The number of hydrogen-bond acceptors (Lipinski definition) is 3. The van der Waals surface area contributed by atoms with E-state index in [1.54, 1.807) is 17.5 Å². The highest BCUT2D eigenvalue weighted by Crippen LogP contribution is 2.37. The molecule has 1 heterocycles. The van der Waals surface area contributed by atoms with Crippen molar-refractivity contribution in [2.75, 3.05) is 5.32 Å². The number of benzene rings is 1. The zero-order valence-corrected chi connectivity index (χ0v) is 11.6. The second-order valence-corrected chi connectivity index (χ2v) is 5.92. The van der Waals surface area contributed by atoms with Crippen LogP contribution >= 0.6 is 11.3 Å². The molecule has 1 saturated carbocycles. The van der Waals surface area contributed by atoms with Gasteiger partial charge in [0, 0.05) is 28.7 Å². The van der Waals surface area contributed by atoms with E-state index in [0.717, 1.165) is 16.3 Å². The number of amides is 1. The van der Waals surface area contributed by atoms with Crippen LogP contribution in [0.4, 0.5) is 5.69 Å². The maximum atomic E-state index is 12.0. The normalized spacial score (nSPS) is 16.1. The fraction of sp³-hybridized carbons (Fsp3) is 0.333. The van der Waals surface area contributed by atoms with Gasteiger partial charge in [-0.2, -0.15) is 0 Å². The van der Waals surface area contributed by atoms with Crippen LogP contribution < -0.4 is 5.32 Å². The first-order chi connectivity index (χ1) is 9.24. The Labute approximate surface area is 116 Å². The maximum absolute atomic E-state index is 12.0. The molecule has 1 aromatic heterocycles. The summed E-state index contributed by atoms with van der Waals surface area (Å²) in [4.78, 5) is 16.3. The maximum Gasteiger partial charge on any atom is 0.227 e. The molecule has 19 heavy (non-hydrogen) atoms. The van der Waals surface area contributed by atoms with Gasteiger partial charge in [-0.15, -0.1) is 11.3 Å². The smallest absolute Gasteiger partial charge is 0.227 e. The summed E-state index contributed by atoms with van der Waals surface area (Å²) in [5, 5.41) is 5.94. The molecule has 4 heteroatoms. The van der Waals surface area contributed by atoms with Gasteiger partial charge in [0.2, 0.25) is 5.91 Å². The van der Waals surface area contributed by atoms with Crippen LogP contribution in [0.1, 0.15) is 19.8 Å². The number of nitrogens with zero attached hydrogens (tertiary/aromatic N) is 1. The lowest BCUT2D eigenvalue weighted by Gasteiger charge is -2.11. The second-order valence-electron chi connectivity index (χ2n) is 5.03. The minimum Gasteiger partial charge on any atom is -0.326 e. The van der Waals surface area contributed by atoms with Crippen molar-refractivity contribution < 1.29 is 4.79 Å². The molecule has 1 aliphatic carbocycles. The molecule has 1 atom stereocenters. The SMILES string of the molecule is CC(C(=O)Nc1ccc(-c2nccs2)cc1)C1CC1. The van der Waals surface area contributed by atoms with Crippen LogP contribution in [-0.2, 0) is 4.79 Å². The van der Waals surface area contributed by atoms with Crippen LogP contribution in [0.5, 0.6) is 0 Å². The predicted molar refractivity (Wildman–Crippen MR) is 78.1 cm³/mol. The molecule has 1 fully saturated rings. The monoisotopic (exact) mass is 272 g/mol. The molecule has 1 N–H and O–H groups in total. The number of carbonyl (C=O) groups excluding carboxylic acids is 1. The van der Waals surface area contributed by atoms with Gasteiger partial charge in [-0.25, -0.2) is 4.98 Å². The lowest BCUT2D eigenvalue weighted by molar-refractivity contribution is -0.119. The number of aromatic nitrogens is 1. The fourth-order valence-corrected chi connectivity index (χ4v) is 2.77. The highest BCUT2D eigenvalue weighted by Gasteiger charge is 2.32. The molecule has 0 spiro atoms. The van der Waals surface area contributed by atoms with E-state index in [9.17, 15) is 4.79 Å². The fourth-order valence-electron chi connectivity index (χ4n) is 2.13. The van der Waals surface area contributed by atoms with E-state index >= 15 is 0 Å². The molecule has 98 valence electrons. The van der Waals surface area contributed by atoms with Gasteiger partial charge < -0.3 is 5.32 Å². The van der Waals surface area contributed by atoms with E-state index in [4.69, 9.17) is 0 Å². The number of carbonyl (C=O) groups is 1. The van der Waals surface area contributed by atoms with Crippen molar-refractivity contribution in [1.82, 2.24) is 4.98 Å². The van der Waals surface area contributed by atoms with E-state index in [-0.39, 0.29) is 11.8 Å². The van der Waals surface area contributed by atoms with Crippen molar-refractivity contribution in [3.63, 3.8) is 0 Å². The average Bonchev–Trinajstić information content (AvgIpc) is 3.14. The van der Waals surface area contributed by atoms with Gasteiger partial charge in [-0.05, 0) is 43.0 Å². The predicted octanol–water partition coefficient (Wildman–Crippen LogP) is 3.79. The van der Waals surface area contributed by atoms with Crippen LogP contribution in [0.25, 0.3) is 10.6 Å². The van der Waals surface area contributed by atoms with E-state index < -0.39 is 0 Å². The van der Waals surface area contributed by atoms with Gasteiger partial charge in [-0.1, -0.05) is 6.92 Å². The molecule has 0 bridgehead atoms. The van der Waals surface area contributed by atoms with Gasteiger partial charge in [0.1, 0.15) is 5.01 Å². The summed E-state index contributed by atoms with van der Waals surface area (Å²) in [7, 11) is 0. The summed E-state index contributed by atoms with van der Waals surface area (Å²) in [5.74, 6) is 0.845. The summed E-state index contributed by atoms with van der Waals surface area (Å²) < 4.78 is 0. The zero-order valence-electron chi connectivity index (χ0n) is 10.8. The average molecular weight is 272 g/mol. The molecule has 2 aromatic rings. The first-order valence-electron chi connectivity index (χ1n) is 6.55. The second kappa shape index (κ2) is 5.13. The van der Waals surface area contributed by atoms with E-state index in [1.807, 2.05) is 36.6 Å². The molecule has 0 aliphatic heterocycles. The van der Waals surface area contributed by atoms with Crippen LogP contribution in [0, 0.1) is 11.8 Å². The number of thiazole rings is 1. The Morgan fingerprint density at radius 2 is 2.11 bits per heavy atom. The highest BCUT2D eigenvalue weighted by molar-refractivity contribution is 7.13. The highest BCUT2D eigenvalue weighted by atomic mass is 32.1. The topological polar surface area (TPSA) is 42.0 Å². The van der Waals surface area contributed by atoms with E-state index in [0.29, 0.717) is 5.92 Å². The van der Waals surface area contributed by atoms with Crippen LogP contribution in [0.2, 0.25) is 0 Å². The third-order valence-corrected chi connectivity index (χ3v) is 4.40. The summed E-state index contributed by atoms with van der Waals surface area (Å²) in [6.07, 6.45) is 4.18. The zero-order chi connectivity index (χ0) is 13.2. The first-order valence-corrected chi connectivity index (χ1v) is 7.43. The first kappa shape index (κ1) is 12.4. The van der Waals surface area contributed by atoms with Crippen molar-refractivity contribution in [2.45, 2.75) is 19.8 Å². The summed E-state index contributed by atoms with van der Waals surface area (Å²) in [6, 6.07) is 7.87. The van der Waals surface area contributed by atoms with Crippen LogP contribution in [0.15, 0.2) is 35.8 Å². The molecule has 0 radical (unpaired) electrons. The molecule has 0 saturated heterocycles. The Morgan fingerprint density at radius 1 is 1.37 bits per heavy atom. The van der Waals surface area contributed by atoms with E-state index in [1.165, 1.54) is 12.8 Å². The van der Waals surface area contributed by atoms with Gasteiger partial charge in [0.05, 0.1) is 0 Å². The van der Waals surface area contributed by atoms with Gasteiger partial charge in [0.15, 0.2) is 0 Å². The third kappa shape index (κ3) is 2.84. The molecule has 3 rings (SSSR count). The molecule has 1 aromatic carbocycles. The number of anilines is 1. The lowest BCUT2D eigenvalue weighted by Crippen LogP contribution is -2.21. The van der Waals surface area contributed by atoms with Crippen molar-refractivity contribution in [1.29, 1.82) is 0 Å². The molecule has 1 aliphatic rings. The van der Waals surface area contributed by atoms with Crippen molar-refractivity contribution in [2.24, 2.45) is 11.8 Å². The third-order valence-electron chi connectivity index (χ3n) is 3.57. The standard InChI is InChI=1S/C15H16N2OS/c1-10(11-2-3-11)14(18)17-13-6-4-12(5-7-13)15-16-8-9-19-15/h4-11H,2-3H2,1H3,(H,17,18). The lowest BCUT2D eigenvalue weighted by atomic mass is 10.1. The minimum atomic E-state index is 0.124. The van der Waals surface area contributed by atoms with Gasteiger partial charge in [-0.3, -0.25) is 4.79 Å². The van der Waals surface area contributed by atoms with Crippen molar-refractivity contribution in [3.8, 4) is 10.6 Å². The molecular weight excluding hydrogens is 256 g/mol. The Kier molecular flexibility index (Phi) is 3.34. The summed E-state index contributed by atoms with van der Waals surface area (Å²) in [5.41, 5.74) is 1.95. The van der Waals surface area contributed by atoms with Crippen molar-refractivity contribution in [3.05, 3.63) is 35.8 Å². The van der Waals surface area contributed by atoms with Crippen LogP contribution in [0.3, 0.4) is 0 Å². The molecular formula is C15H16N2OS. The number of nitrogens with one attached hydrogen (secondary N) is 1. The quantitative estimate of drug-likeness (QED) is 0.920. The Hall–Kier alpha value is -1.68. The van der Waals surface area contributed by atoms with Crippen LogP contribution in [-0.4, -0.2) is 10.9 Å². The number of hydrogen-bond donors (Lipinski definition) is 1. The van der Waals surface area contributed by atoms with Crippen molar-refractivity contribution >= 4 is 22.9 Å². The molecule has 3 nitrogen and oxygen atoms in total. The Balaban J connectivity index is 1.67. The Bertz CT molecular complexity index is 558. The van der Waals surface area contributed by atoms with E-state index in [2.05, 4.69) is 10.3 Å². The Morgan fingerprint density at radius 3 is 2.68 bits per heavy atom. The minimum absolute atomic E-state index is 0.124. The molecule has 1 amide bonds. The van der Waals surface area contributed by atoms with Gasteiger partial charge in [0.25, 0.3) is 0 Å². The molecule has 1 unspecified atom stereocenters. The number of rotatable bonds is 4. The largest absolute Gasteiger partial charge is 0.326 e. The van der Waals surface area contributed by atoms with Gasteiger partial charge >= 0.3 is 0 Å².